The SMILES string of the molecule is CNC(C)c1sc(CC2CCCCO2)nc1C. The van der Waals surface area contributed by atoms with Crippen molar-refractivity contribution in [1.82, 2.24) is 10.3 Å². The Bertz CT molecular complexity index is 358. The molecule has 0 bridgehead atoms. The van der Waals surface area contributed by atoms with Crippen molar-refractivity contribution in [1.29, 1.82) is 0 Å². The van der Waals surface area contributed by atoms with Gasteiger partial charge in [-0.15, -0.1) is 11.3 Å². The second kappa shape index (κ2) is 5.94. The lowest BCUT2D eigenvalue weighted by Gasteiger charge is -2.21. The molecule has 0 aliphatic carbocycles. The van der Waals surface area contributed by atoms with Crippen LogP contribution in [-0.2, 0) is 11.2 Å². The van der Waals surface area contributed by atoms with Crippen LogP contribution in [0.2, 0.25) is 0 Å². The van der Waals surface area contributed by atoms with E-state index in [0.29, 0.717) is 12.1 Å². The summed E-state index contributed by atoms with van der Waals surface area (Å²) < 4.78 is 5.77. The molecule has 2 atom stereocenters. The fourth-order valence-electron chi connectivity index (χ4n) is 2.25. The van der Waals surface area contributed by atoms with E-state index in [1.54, 1.807) is 0 Å². The molecule has 3 nitrogen and oxygen atoms in total. The standard InChI is InChI=1S/C13H22N2OS/c1-9(14-3)13-10(2)15-12(17-13)8-11-6-4-5-7-16-11/h9,11,14H,4-8H2,1-3H3. The fraction of sp³-hybridized carbons (Fsp3) is 0.769. The Morgan fingerprint density at radius 2 is 2.35 bits per heavy atom. The van der Waals surface area contributed by atoms with E-state index in [1.165, 1.54) is 34.8 Å². The lowest BCUT2D eigenvalue weighted by Crippen LogP contribution is -2.21. The zero-order valence-electron chi connectivity index (χ0n) is 11.0. The second-order valence-electron chi connectivity index (χ2n) is 4.76. The molecule has 2 unspecified atom stereocenters. The minimum atomic E-state index is 0.395. The van der Waals surface area contributed by atoms with Gasteiger partial charge >= 0.3 is 0 Å². The molecule has 0 spiro atoms. The van der Waals surface area contributed by atoms with Crippen molar-refractivity contribution in [2.24, 2.45) is 0 Å². The van der Waals surface area contributed by atoms with Gasteiger partial charge in [-0.05, 0) is 40.2 Å². The van der Waals surface area contributed by atoms with Gasteiger partial charge in [0, 0.05) is 23.9 Å². The molecule has 1 saturated heterocycles. The van der Waals surface area contributed by atoms with E-state index in [2.05, 4.69) is 24.1 Å². The molecule has 0 saturated carbocycles. The highest BCUT2D eigenvalue weighted by Crippen LogP contribution is 2.27. The zero-order valence-corrected chi connectivity index (χ0v) is 11.8. The minimum absolute atomic E-state index is 0.395. The highest BCUT2D eigenvalue weighted by atomic mass is 32.1. The molecule has 1 fully saturated rings. The van der Waals surface area contributed by atoms with Crippen molar-refractivity contribution in [3.8, 4) is 0 Å². The number of ether oxygens (including phenoxy) is 1. The van der Waals surface area contributed by atoms with Crippen molar-refractivity contribution >= 4 is 11.3 Å². The maximum Gasteiger partial charge on any atom is 0.0957 e. The molecule has 0 amide bonds. The Kier molecular flexibility index (Phi) is 4.54. The number of nitrogens with one attached hydrogen (secondary N) is 1. The van der Waals surface area contributed by atoms with E-state index in [0.717, 1.165) is 13.0 Å². The number of nitrogens with zero attached hydrogens (tertiary/aromatic N) is 1. The van der Waals surface area contributed by atoms with Crippen LogP contribution >= 0.6 is 11.3 Å². The van der Waals surface area contributed by atoms with Gasteiger partial charge in [0.25, 0.3) is 0 Å². The normalized spacial score (nSPS) is 22.6. The Balaban J connectivity index is 2.01. The molecular formula is C13H22N2OS. The Morgan fingerprint density at radius 3 is 3.00 bits per heavy atom. The summed E-state index contributed by atoms with van der Waals surface area (Å²) in [6.45, 7) is 5.21. The summed E-state index contributed by atoms with van der Waals surface area (Å²) in [5, 5.41) is 4.51. The summed E-state index contributed by atoms with van der Waals surface area (Å²) in [7, 11) is 1.99. The summed E-state index contributed by atoms with van der Waals surface area (Å²) in [5.74, 6) is 0. The van der Waals surface area contributed by atoms with E-state index < -0.39 is 0 Å². The summed E-state index contributed by atoms with van der Waals surface area (Å²) >= 11 is 1.83. The van der Waals surface area contributed by atoms with Gasteiger partial charge < -0.3 is 10.1 Å². The first-order valence-corrected chi connectivity index (χ1v) is 7.27. The van der Waals surface area contributed by atoms with Crippen LogP contribution in [0.25, 0.3) is 0 Å². The highest BCUT2D eigenvalue weighted by Gasteiger charge is 2.18. The number of rotatable bonds is 4. The van der Waals surface area contributed by atoms with Crippen LogP contribution in [-0.4, -0.2) is 24.7 Å². The lowest BCUT2D eigenvalue weighted by molar-refractivity contribution is 0.0167. The molecule has 2 rings (SSSR count). The molecule has 1 aliphatic rings. The first-order chi connectivity index (χ1) is 8.20. The molecule has 1 aromatic heterocycles. The largest absolute Gasteiger partial charge is 0.378 e. The molecule has 0 aromatic carbocycles. The monoisotopic (exact) mass is 254 g/mol. The third-order valence-electron chi connectivity index (χ3n) is 3.38. The smallest absolute Gasteiger partial charge is 0.0957 e. The lowest BCUT2D eigenvalue weighted by atomic mass is 10.1. The van der Waals surface area contributed by atoms with E-state index in [1.807, 2.05) is 18.4 Å². The number of thiazole rings is 1. The number of hydrogen-bond acceptors (Lipinski definition) is 4. The highest BCUT2D eigenvalue weighted by molar-refractivity contribution is 7.11. The molecule has 0 radical (unpaired) electrons. The van der Waals surface area contributed by atoms with Crippen LogP contribution < -0.4 is 5.32 Å². The summed E-state index contributed by atoms with van der Waals surface area (Å²) in [5.41, 5.74) is 1.17. The summed E-state index contributed by atoms with van der Waals surface area (Å²) in [6, 6.07) is 0.397. The van der Waals surface area contributed by atoms with E-state index in [9.17, 15) is 0 Å². The van der Waals surface area contributed by atoms with Crippen LogP contribution in [0, 0.1) is 6.92 Å². The van der Waals surface area contributed by atoms with Gasteiger partial charge in [-0.25, -0.2) is 4.98 Å². The quantitative estimate of drug-likeness (QED) is 0.897. The van der Waals surface area contributed by atoms with Gasteiger partial charge in [0.15, 0.2) is 0 Å². The molecule has 96 valence electrons. The van der Waals surface area contributed by atoms with Crippen LogP contribution in [0.1, 0.15) is 47.8 Å². The van der Waals surface area contributed by atoms with Gasteiger partial charge in [0.1, 0.15) is 0 Å². The van der Waals surface area contributed by atoms with Crippen molar-refractivity contribution in [2.45, 2.75) is 51.7 Å². The van der Waals surface area contributed by atoms with Gasteiger partial charge in [0.2, 0.25) is 0 Å². The van der Waals surface area contributed by atoms with Gasteiger partial charge in [0.05, 0.1) is 16.8 Å². The number of hydrogen-bond donors (Lipinski definition) is 1. The van der Waals surface area contributed by atoms with Crippen LogP contribution in [0.15, 0.2) is 0 Å². The van der Waals surface area contributed by atoms with Gasteiger partial charge in [-0.2, -0.15) is 0 Å². The predicted octanol–water partition coefficient (Wildman–Crippen LogP) is 2.84. The molecule has 1 aromatic rings. The predicted molar refractivity (Wildman–Crippen MR) is 71.6 cm³/mol. The molecule has 4 heteroatoms. The third-order valence-corrected chi connectivity index (χ3v) is 4.74. The number of aryl methyl sites for hydroxylation is 1. The molecule has 1 aliphatic heterocycles. The summed E-state index contributed by atoms with van der Waals surface area (Å²) in [6.07, 6.45) is 5.09. The molecular weight excluding hydrogens is 232 g/mol. The average Bonchev–Trinajstić information content (AvgIpc) is 2.70. The number of aromatic nitrogens is 1. The van der Waals surface area contributed by atoms with Crippen LogP contribution in [0.3, 0.4) is 0 Å². The van der Waals surface area contributed by atoms with Crippen molar-refractivity contribution in [3.05, 3.63) is 15.6 Å². The second-order valence-corrected chi connectivity index (χ2v) is 5.88. The first-order valence-electron chi connectivity index (χ1n) is 6.45. The first kappa shape index (κ1) is 13.0. The average molecular weight is 254 g/mol. The summed E-state index contributed by atoms with van der Waals surface area (Å²) in [4.78, 5) is 6.03. The van der Waals surface area contributed by atoms with Gasteiger partial charge in [-0.1, -0.05) is 0 Å². The van der Waals surface area contributed by atoms with Crippen molar-refractivity contribution in [3.63, 3.8) is 0 Å². The Labute approximate surface area is 108 Å². The van der Waals surface area contributed by atoms with Crippen LogP contribution in [0.5, 0.6) is 0 Å². The minimum Gasteiger partial charge on any atom is -0.378 e. The Hall–Kier alpha value is -0.450. The van der Waals surface area contributed by atoms with Crippen LogP contribution in [0.4, 0.5) is 0 Å². The van der Waals surface area contributed by atoms with Gasteiger partial charge in [-0.3, -0.25) is 0 Å². The topological polar surface area (TPSA) is 34.1 Å². The third kappa shape index (κ3) is 3.27. The Morgan fingerprint density at radius 1 is 1.53 bits per heavy atom. The molecule has 1 N–H and O–H groups in total. The maximum absolute atomic E-state index is 5.77. The molecule has 2 heterocycles. The van der Waals surface area contributed by atoms with Crippen molar-refractivity contribution in [2.75, 3.05) is 13.7 Å². The van der Waals surface area contributed by atoms with E-state index in [4.69, 9.17) is 4.74 Å². The van der Waals surface area contributed by atoms with E-state index >= 15 is 0 Å². The maximum atomic E-state index is 5.77. The fourth-order valence-corrected chi connectivity index (χ4v) is 3.44. The zero-order chi connectivity index (χ0) is 12.3. The molecule has 17 heavy (non-hydrogen) atoms. The van der Waals surface area contributed by atoms with E-state index in [-0.39, 0.29) is 0 Å². The van der Waals surface area contributed by atoms with Crippen molar-refractivity contribution < 1.29 is 4.74 Å².